The summed E-state index contributed by atoms with van der Waals surface area (Å²) >= 11 is 0. The molecule has 0 amide bonds. The maximum absolute atomic E-state index is 12.5. The van der Waals surface area contributed by atoms with Gasteiger partial charge in [-0.3, -0.25) is 4.90 Å². The van der Waals surface area contributed by atoms with Gasteiger partial charge in [-0.2, -0.15) is 13.2 Å². The van der Waals surface area contributed by atoms with Gasteiger partial charge in [0, 0.05) is 44.5 Å². The molecule has 0 aromatic heterocycles. The summed E-state index contributed by atoms with van der Waals surface area (Å²) in [5, 5.41) is 6.45. The van der Waals surface area contributed by atoms with E-state index in [2.05, 4.69) is 56.9 Å². The Labute approximate surface area is 187 Å². The zero-order valence-electron chi connectivity index (χ0n) is 16.6. The van der Waals surface area contributed by atoms with Crippen LogP contribution in [0.3, 0.4) is 0 Å². The van der Waals surface area contributed by atoms with Gasteiger partial charge in [-0.15, -0.1) is 24.0 Å². The lowest BCUT2D eigenvalue weighted by molar-refractivity contribution is -0.143. The van der Waals surface area contributed by atoms with Gasteiger partial charge in [-0.25, -0.2) is 4.99 Å². The second-order valence-electron chi connectivity index (χ2n) is 7.22. The summed E-state index contributed by atoms with van der Waals surface area (Å²) in [6.07, 6.45) is 0.848. The smallest absolute Gasteiger partial charge is 0.364 e. The van der Waals surface area contributed by atoms with Gasteiger partial charge >= 0.3 is 6.18 Å². The molecule has 1 aromatic carbocycles. The first-order valence-electron chi connectivity index (χ1n) is 9.76. The largest absolute Gasteiger partial charge is 0.401 e. The van der Waals surface area contributed by atoms with Gasteiger partial charge in [0.05, 0.1) is 13.1 Å². The Hall–Kier alpha value is -1.49. The lowest BCUT2D eigenvalue weighted by Crippen LogP contribution is -2.45. The highest BCUT2D eigenvalue weighted by atomic mass is 127. The average Bonchev–Trinajstić information content (AvgIpc) is 3.31. The van der Waals surface area contributed by atoms with Crippen LogP contribution in [0.15, 0.2) is 41.4 Å². The summed E-state index contributed by atoms with van der Waals surface area (Å²) in [5.41, 5.74) is 2.29. The van der Waals surface area contributed by atoms with Crippen LogP contribution in [0.4, 0.5) is 18.9 Å². The monoisotopic (exact) mass is 523 g/mol. The molecule has 0 bridgehead atoms. The number of hydrogen-bond donors (Lipinski definition) is 2. The fraction of sp³-hybridized carbons (Fsp3) is 0.550. The summed E-state index contributed by atoms with van der Waals surface area (Å²) in [6, 6.07) is 8.32. The minimum atomic E-state index is -4.15. The first-order valence-corrected chi connectivity index (χ1v) is 9.76. The molecule has 0 spiro atoms. The van der Waals surface area contributed by atoms with Crippen molar-refractivity contribution in [3.8, 4) is 0 Å². The third kappa shape index (κ3) is 7.69. The average molecular weight is 523 g/mol. The van der Waals surface area contributed by atoms with Crippen molar-refractivity contribution in [2.75, 3.05) is 44.2 Å². The number of rotatable bonds is 6. The second kappa shape index (κ2) is 11.1. The van der Waals surface area contributed by atoms with Gasteiger partial charge in [0.1, 0.15) is 0 Å². The minimum Gasteiger partial charge on any atom is -0.364 e. The number of aliphatic imine (C=N–C) groups is 1. The molecule has 1 fully saturated rings. The molecule has 1 aromatic rings. The van der Waals surface area contributed by atoms with Gasteiger partial charge in [0.15, 0.2) is 5.96 Å². The minimum absolute atomic E-state index is 0. The maximum Gasteiger partial charge on any atom is 0.401 e. The molecule has 0 aliphatic carbocycles. The van der Waals surface area contributed by atoms with Crippen LogP contribution in [0.25, 0.3) is 0 Å². The van der Waals surface area contributed by atoms with Gasteiger partial charge in [-0.05, 0) is 31.0 Å². The van der Waals surface area contributed by atoms with Gasteiger partial charge in [-0.1, -0.05) is 24.3 Å². The Morgan fingerprint density at radius 3 is 2.48 bits per heavy atom. The first-order chi connectivity index (χ1) is 13.4. The first kappa shape index (κ1) is 23.8. The van der Waals surface area contributed by atoms with Crippen LogP contribution < -0.4 is 15.5 Å². The molecule has 0 saturated carbocycles. The van der Waals surface area contributed by atoms with E-state index in [9.17, 15) is 13.2 Å². The summed E-state index contributed by atoms with van der Waals surface area (Å²) in [6.45, 7) is 5.06. The third-order valence-corrected chi connectivity index (χ3v) is 4.90. The maximum atomic E-state index is 12.5. The molecule has 162 valence electrons. The van der Waals surface area contributed by atoms with Crippen molar-refractivity contribution in [2.24, 2.45) is 4.99 Å². The molecule has 1 atom stereocenters. The van der Waals surface area contributed by atoms with Crippen molar-refractivity contribution < 1.29 is 13.2 Å². The van der Waals surface area contributed by atoms with E-state index in [-0.39, 0.29) is 30.0 Å². The fourth-order valence-electron chi connectivity index (χ4n) is 3.53. The Morgan fingerprint density at radius 2 is 1.86 bits per heavy atom. The summed E-state index contributed by atoms with van der Waals surface area (Å²) < 4.78 is 37.6. The van der Waals surface area contributed by atoms with Crippen LogP contribution in [0, 0.1) is 0 Å². The number of nitrogens with zero attached hydrogens (tertiary/aromatic N) is 3. The molecule has 29 heavy (non-hydrogen) atoms. The molecule has 2 aliphatic heterocycles. The molecule has 5 nitrogen and oxygen atoms in total. The van der Waals surface area contributed by atoms with E-state index in [1.807, 2.05) is 6.92 Å². The van der Waals surface area contributed by atoms with Crippen molar-refractivity contribution in [1.82, 2.24) is 15.5 Å². The highest BCUT2D eigenvalue weighted by Crippen LogP contribution is 2.20. The van der Waals surface area contributed by atoms with Crippen LogP contribution in [-0.4, -0.2) is 62.3 Å². The normalized spacial score (nSPS) is 20.1. The molecular formula is C20H29F3IN5. The Bertz CT molecular complexity index is 682. The number of nitrogens with one attached hydrogen (secondary N) is 2. The standard InChI is InChI=1S/C20H28F3N5.HI/c1-2-24-19(26-17-9-12-27(14-17)15-20(21,22)23)25-13-16-5-7-18(8-6-16)28-10-3-4-11-28;/h3-8,17H,2,9-15H2,1H3,(H2,24,25,26);1H. The van der Waals surface area contributed by atoms with Crippen molar-refractivity contribution in [3.05, 3.63) is 42.0 Å². The second-order valence-corrected chi connectivity index (χ2v) is 7.22. The van der Waals surface area contributed by atoms with Crippen molar-refractivity contribution in [1.29, 1.82) is 0 Å². The van der Waals surface area contributed by atoms with E-state index in [1.54, 1.807) is 0 Å². The zero-order valence-corrected chi connectivity index (χ0v) is 18.9. The molecule has 2 aliphatic rings. The van der Waals surface area contributed by atoms with Crippen LogP contribution in [0.5, 0.6) is 0 Å². The molecule has 1 unspecified atom stereocenters. The third-order valence-electron chi connectivity index (χ3n) is 4.90. The van der Waals surface area contributed by atoms with E-state index in [0.717, 1.165) is 18.7 Å². The summed E-state index contributed by atoms with van der Waals surface area (Å²) in [4.78, 5) is 8.32. The number of benzene rings is 1. The number of likely N-dealkylation sites (tertiary alicyclic amines) is 1. The van der Waals surface area contributed by atoms with Gasteiger partial charge in [0.25, 0.3) is 0 Å². The van der Waals surface area contributed by atoms with Crippen molar-refractivity contribution in [3.63, 3.8) is 0 Å². The van der Waals surface area contributed by atoms with Crippen LogP contribution >= 0.6 is 24.0 Å². The van der Waals surface area contributed by atoms with Gasteiger partial charge in [0.2, 0.25) is 0 Å². The molecule has 2 heterocycles. The number of anilines is 1. The van der Waals surface area contributed by atoms with E-state index in [0.29, 0.717) is 38.6 Å². The van der Waals surface area contributed by atoms with E-state index in [1.165, 1.54) is 10.6 Å². The van der Waals surface area contributed by atoms with E-state index in [4.69, 9.17) is 0 Å². The number of guanidine groups is 1. The van der Waals surface area contributed by atoms with Crippen molar-refractivity contribution in [2.45, 2.75) is 32.1 Å². The predicted octanol–water partition coefficient (Wildman–Crippen LogP) is 3.37. The number of halogens is 4. The topological polar surface area (TPSA) is 42.9 Å². The fourth-order valence-corrected chi connectivity index (χ4v) is 3.53. The predicted molar refractivity (Wildman–Crippen MR) is 122 cm³/mol. The number of hydrogen-bond acceptors (Lipinski definition) is 3. The van der Waals surface area contributed by atoms with Crippen LogP contribution in [0.2, 0.25) is 0 Å². The highest BCUT2D eigenvalue weighted by Gasteiger charge is 2.34. The van der Waals surface area contributed by atoms with E-state index < -0.39 is 12.7 Å². The van der Waals surface area contributed by atoms with Gasteiger partial charge < -0.3 is 15.5 Å². The molecule has 2 N–H and O–H groups in total. The molecule has 1 saturated heterocycles. The van der Waals surface area contributed by atoms with Crippen molar-refractivity contribution >= 4 is 35.6 Å². The molecule has 3 rings (SSSR count). The zero-order chi connectivity index (χ0) is 20.0. The Balaban J connectivity index is 0.00000300. The summed E-state index contributed by atoms with van der Waals surface area (Å²) in [7, 11) is 0. The lowest BCUT2D eigenvalue weighted by Gasteiger charge is -2.20. The summed E-state index contributed by atoms with van der Waals surface area (Å²) in [5.74, 6) is 0.647. The Morgan fingerprint density at radius 1 is 1.17 bits per heavy atom. The Kier molecular flexibility index (Phi) is 9.06. The molecule has 0 radical (unpaired) electrons. The molecule has 9 heteroatoms. The lowest BCUT2D eigenvalue weighted by atomic mass is 10.2. The molecular weight excluding hydrogens is 494 g/mol. The highest BCUT2D eigenvalue weighted by molar-refractivity contribution is 14.0. The quantitative estimate of drug-likeness (QED) is 0.260. The SMILES string of the molecule is CCNC(=NCc1ccc(N2CC=CC2)cc1)NC1CCN(CC(F)(F)F)C1.I. The van der Waals surface area contributed by atoms with Crippen LogP contribution in [-0.2, 0) is 6.54 Å². The van der Waals surface area contributed by atoms with E-state index >= 15 is 0 Å². The number of alkyl halides is 3. The van der Waals surface area contributed by atoms with Crippen LogP contribution in [0.1, 0.15) is 18.9 Å².